The Balaban J connectivity index is 2.39. The van der Waals surface area contributed by atoms with Gasteiger partial charge in [0.15, 0.2) is 5.75 Å². The van der Waals surface area contributed by atoms with Gasteiger partial charge in [-0.15, -0.1) is 0 Å². The summed E-state index contributed by atoms with van der Waals surface area (Å²) in [5, 5.41) is 18.9. The minimum atomic E-state index is -0.156. The number of aliphatic hydroxyl groups excluding tert-OH is 2. The minimum Gasteiger partial charge on any atom is -0.455 e. The maximum absolute atomic E-state index is 9.26. The van der Waals surface area contributed by atoms with Crippen LogP contribution in [0.25, 0.3) is 0 Å². The SMILES string of the molecule is OCc1ccccc1Oc1c(Cl)cccc1CO. The van der Waals surface area contributed by atoms with Gasteiger partial charge in [0.1, 0.15) is 5.75 Å². The van der Waals surface area contributed by atoms with Crippen LogP contribution in [-0.2, 0) is 13.2 Å². The Morgan fingerprint density at radius 3 is 2.28 bits per heavy atom. The van der Waals surface area contributed by atoms with Crippen LogP contribution in [0.15, 0.2) is 42.5 Å². The van der Waals surface area contributed by atoms with Gasteiger partial charge >= 0.3 is 0 Å². The number of benzene rings is 2. The Morgan fingerprint density at radius 2 is 1.56 bits per heavy atom. The van der Waals surface area contributed by atoms with Crippen molar-refractivity contribution in [2.75, 3.05) is 0 Å². The summed E-state index contributed by atoms with van der Waals surface area (Å²) in [6.45, 7) is -0.272. The molecule has 4 heteroatoms. The molecule has 0 heterocycles. The number of hydrogen-bond donors (Lipinski definition) is 2. The summed E-state index contributed by atoms with van der Waals surface area (Å²) in [6, 6.07) is 12.3. The van der Waals surface area contributed by atoms with Gasteiger partial charge in [-0.2, -0.15) is 0 Å². The van der Waals surface area contributed by atoms with Crippen LogP contribution in [0.5, 0.6) is 11.5 Å². The van der Waals surface area contributed by atoms with Gasteiger partial charge in [-0.3, -0.25) is 0 Å². The van der Waals surface area contributed by atoms with E-state index in [1.165, 1.54) is 0 Å². The van der Waals surface area contributed by atoms with Gasteiger partial charge in [0.05, 0.1) is 18.2 Å². The van der Waals surface area contributed by atoms with Crippen molar-refractivity contribution in [1.29, 1.82) is 0 Å². The Kier molecular flexibility index (Phi) is 4.20. The second-order valence-electron chi connectivity index (χ2n) is 3.75. The fourth-order valence-corrected chi connectivity index (χ4v) is 1.87. The third kappa shape index (κ3) is 2.64. The van der Waals surface area contributed by atoms with Crippen LogP contribution in [0.2, 0.25) is 5.02 Å². The summed E-state index contributed by atoms with van der Waals surface area (Å²) in [5.74, 6) is 0.949. The molecule has 0 amide bonds. The summed E-state index contributed by atoms with van der Waals surface area (Å²) in [4.78, 5) is 0. The fraction of sp³-hybridized carbons (Fsp3) is 0.143. The first-order valence-corrected chi connectivity index (χ1v) is 5.89. The molecule has 0 atom stereocenters. The Bertz CT molecular complexity index is 540. The molecule has 0 aromatic heterocycles. The van der Waals surface area contributed by atoms with Crippen LogP contribution in [0, 0.1) is 0 Å². The summed E-state index contributed by atoms with van der Waals surface area (Å²) in [6.07, 6.45) is 0. The lowest BCUT2D eigenvalue weighted by Crippen LogP contribution is -1.95. The maximum Gasteiger partial charge on any atom is 0.151 e. The largest absolute Gasteiger partial charge is 0.455 e. The molecule has 0 aliphatic heterocycles. The predicted molar refractivity (Wildman–Crippen MR) is 69.8 cm³/mol. The van der Waals surface area contributed by atoms with Crippen molar-refractivity contribution in [1.82, 2.24) is 0 Å². The van der Waals surface area contributed by atoms with Gasteiger partial charge in [-0.05, 0) is 12.1 Å². The molecule has 0 aliphatic carbocycles. The topological polar surface area (TPSA) is 49.7 Å². The third-order valence-corrected chi connectivity index (χ3v) is 2.87. The number of para-hydroxylation sites is 2. The van der Waals surface area contributed by atoms with E-state index in [0.717, 1.165) is 0 Å². The average Bonchev–Trinajstić information content (AvgIpc) is 2.41. The zero-order chi connectivity index (χ0) is 13.0. The number of halogens is 1. The molecule has 3 nitrogen and oxygen atoms in total. The standard InChI is InChI=1S/C14H13ClO3/c15-12-6-3-5-11(9-17)14(12)18-13-7-2-1-4-10(13)8-16/h1-7,16-17H,8-9H2. The Labute approximate surface area is 110 Å². The van der Waals surface area contributed by atoms with E-state index in [2.05, 4.69) is 0 Å². The zero-order valence-corrected chi connectivity index (χ0v) is 10.4. The van der Waals surface area contributed by atoms with Crippen molar-refractivity contribution in [2.24, 2.45) is 0 Å². The highest BCUT2D eigenvalue weighted by Gasteiger charge is 2.10. The first-order valence-electron chi connectivity index (χ1n) is 5.51. The molecule has 0 fully saturated rings. The van der Waals surface area contributed by atoms with Gasteiger partial charge in [0.2, 0.25) is 0 Å². The van der Waals surface area contributed by atoms with E-state index in [1.54, 1.807) is 30.3 Å². The maximum atomic E-state index is 9.26. The molecule has 0 unspecified atom stereocenters. The van der Waals surface area contributed by atoms with Gasteiger partial charge in [-0.25, -0.2) is 0 Å². The van der Waals surface area contributed by atoms with E-state index in [0.29, 0.717) is 27.6 Å². The molecule has 18 heavy (non-hydrogen) atoms. The molecule has 94 valence electrons. The molecule has 0 radical (unpaired) electrons. The van der Waals surface area contributed by atoms with Crippen LogP contribution < -0.4 is 4.74 Å². The molecule has 2 aromatic carbocycles. The fourth-order valence-electron chi connectivity index (χ4n) is 1.64. The van der Waals surface area contributed by atoms with E-state index in [4.69, 9.17) is 16.3 Å². The summed E-state index contributed by atoms with van der Waals surface area (Å²) in [7, 11) is 0. The van der Waals surface area contributed by atoms with E-state index in [1.807, 2.05) is 12.1 Å². The van der Waals surface area contributed by atoms with E-state index < -0.39 is 0 Å². The van der Waals surface area contributed by atoms with Crippen molar-refractivity contribution in [2.45, 2.75) is 13.2 Å². The van der Waals surface area contributed by atoms with Gasteiger partial charge in [0.25, 0.3) is 0 Å². The Hall–Kier alpha value is -1.55. The summed E-state index contributed by atoms with van der Waals surface area (Å²) in [5.41, 5.74) is 1.27. The van der Waals surface area contributed by atoms with Crippen molar-refractivity contribution in [3.05, 3.63) is 58.6 Å². The molecule has 2 N–H and O–H groups in total. The highest BCUT2D eigenvalue weighted by molar-refractivity contribution is 6.32. The first kappa shape index (κ1) is 12.9. The quantitative estimate of drug-likeness (QED) is 0.892. The molecule has 0 aliphatic rings. The third-order valence-electron chi connectivity index (χ3n) is 2.57. The van der Waals surface area contributed by atoms with Crippen LogP contribution in [0.1, 0.15) is 11.1 Å². The molecule has 0 bridgehead atoms. The average molecular weight is 265 g/mol. The van der Waals surface area contributed by atoms with Gasteiger partial charge in [0, 0.05) is 11.1 Å². The van der Waals surface area contributed by atoms with Crippen molar-refractivity contribution < 1.29 is 14.9 Å². The van der Waals surface area contributed by atoms with E-state index >= 15 is 0 Å². The molecular weight excluding hydrogens is 252 g/mol. The monoisotopic (exact) mass is 264 g/mol. The van der Waals surface area contributed by atoms with Gasteiger partial charge in [-0.1, -0.05) is 41.9 Å². The number of hydrogen-bond acceptors (Lipinski definition) is 3. The van der Waals surface area contributed by atoms with Crippen molar-refractivity contribution in [3.63, 3.8) is 0 Å². The van der Waals surface area contributed by atoms with Crippen molar-refractivity contribution in [3.8, 4) is 11.5 Å². The van der Waals surface area contributed by atoms with E-state index in [9.17, 15) is 10.2 Å². The normalized spacial score (nSPS) is 10.4. The highest BCUT2D eigenvalue weighted by atomic mass is 35.5. The lowest BCUT2D eigenvalue weighted by Gasteiger charge is -2.13. The zero-order valence-electron chi connectivity index (χ0n) is 9.64. The van der Waals surface area contributed by atoms with Crippen LogP contribution >= 0.6 is 11.6 Å². The highest BCUT2D eigenvalue weighted by Crippen LogP contribution is 2.34. The predicted octanol–water partition coefficient (Wildman–Crippen LogP) is 3.12. The van der Waals surface area contributed by atoms with E-state index in [-0.39, 0.29) is 13.2 Å². The number of ether oxygens (including phenoxy) is 1. The second-order valence-corrected chi connectivity index (χ2v) is 4.16. The smallest absolute Gasteiger partial charge is 0.151 e. The minimum absolute atomic E-state index is 0.116. The number of aliphatic hydroxyl groups is 2. The lowest BCUT2D eigenvalue weighted by atomic mass is 10.2. The summed E-state index contributed by atoms with van der Waals surface area (Å²) < 4.78 is 5.70. The molecule has 0 spiro atoms. The second kappa shape index (κ2) is 5.87. The van der Waals surface area contributed by atoms with Crippen LogP contribution in [0.3, 0.4) is 0 Å². The lowest BCUT2D eigenvalue weighted by molar-refractivity contribution is 0.271. The first-order chi connectivity index (χ1) is 8.76. The van der Waals surface area contributed by atoms with Gasteiger partial charge < -0.3 is 14.9 Å². The molecule has 0 saturated carbocycles. The van der Waals surface area contributed by atoms with Crippen molar-refractivity contribution >= 4 is 11.6 Å². The Morgan fingerprint density at radius 1 is 0.889 bits per heavy atom. The van der Waals surface area contributed by atoms with Crippen LogP contribution in [0.4, 0.5) is 0 Å². The molecule has 2 rings (SSSR count). The summed E-state index contributed by atoms with van der Waals surface area (Å²) >= 11 is 6.05. The molecular formula is C14H13ClO3. The molecule has 0 saturated heterocycles. The molecule has 2 aromatic rings. The number of rotatable bonds is 4. The van der Waals surface area contributed by atoms with Crippen LogP contribution in [-0.4, -0.2) is 10.2 Å².